The summed E-state index contributed by atoms with van der Waals surface area (Å²) in [5, 5.41) is 0.0586. The van der Waals surface area contributed by atoms with Crippen molar-refractivity contribution in [3.05, 3.63) is 10.8 Å². The van der Waals surface area contributed by atoms with Gasteiger partial charge < -0.3 is 11.5 Å². The van der Waals surface area contributed by atoms with Crippen molar-refractivity contribution in [3.63, 3.8) is 0 Å². The second kappa shape index (κ2) is 3.97. The van der Waals surface area contributed by atoms with Crippen molar-refractivity contribution in [1.29, 1.82) is 0 Å². The molecule has 4 N–H and O–H groups in total. The lowest BCUT2D eigenvalue weighted by molar-refractivity contribution is 1.12. The van der Waals surface area contributed by atoms with E-state index in [1.165, 1.54) is 10.9 Å². The molecule has 0 aromatic carbocycles. The molecule has 0 aliphatic rings. The van der Waals surface area contributed by atoms with Crippen molar-refractivity contribution >= 4 is 62.9 Å². The van der Waals surface area contributed by atoms with E-state index < -0.39 is 0 Å². The van der Waals surface area contributed by atoms with Gasteiger partial charge in [0.2, 0.25) is 5.95 Å². The molecule has 2 heterocycles. The van der Waals surface area contributed by atoms with Crippen LogP contribution < -0.4 is 11.5 Å². The van der Waals surface area contributed by atoms with E-state index in [0.717, 1.165) is 0 Å². The second-order valence-electron chi connectivity index (χ2n) is 2.81. The molecule has 0 bridgehead atoms. The number of hydrogen-bond acceptors (Lipinski definition) is 5. The number of anilines is 2. The second-order valence-corrected chi connectivity index (χ2v) is 4.11. The topological polar surface area (TPSA) is 95.6 Å². The Morgan fingerprint density at radius 3 is 2.50 bits per heavy atom. The standard InChI is InChI=1S/C7H5Cl3N6/c8-3(9)4(10)16-1-13-2-5(11)14-7(12)15-6(2)16/h1H,(H4,11,12,14,15). The van der Waals surface area contributed by atoms with Gasteiger partial charge >= 0.3 is 0 Å². The number of fused-ring (bicyclic) bond motifs is 1. The van der Waals surface area contributed by atoms with Crippen LogP contribution >= 0.6 is 34.8 Å². The zero-order valence-electron chi connectivity index (χ0n) is 7.65. The van der Waals surface area contributed by atoms with Crippen LogP contribution in [-0.4, -0.2) is 19.5 Å². The third kappa shape index (κ3) is 1.75. The molecule has 16 heavy (non-hydrogen) atoms. The van der Waals surface area contributed by atoms with Crippen molar-refractivity contribution in [1.82, 2.24) is 19.5 Å². The van der Waals surface area contributed by atoms with Crippen LogP contribution in [0.1, 0.15) is 0 Å². The molecule has 2 rings (SSSR count). The molecule has 0 atom stereocenters. The Morgan fingerprint density at radius 2 is 1.88 bits per heavy atom. The molecule has 84 valence electrons. The smallest absolute Gasteiger partial charge is 0.224 e. The van der Waals surface area contributed by atoms with Crippen LogP contribution in [0.4, 0.5) is 11.8 Å². The van der Waals surface area contributed by atoms with E-state index in [4.69, 9.17) is 46.3 Å². The summed E-state index contributed by atoms with van der Waals surface area (Å²) in [5.41, 5.74) is 11.8. The summed E-state index contributed by atoms with van der Waals surface area (Å²) in [6.07, 6.45) is 1.38. The summed E-state index contributed by atoms with van der Waals surface area (Å²) in [4.78, 5) is 11.7. The highest BCUT2D eigenvalue weighted by Gasteiger charge is 2.13. The molecule has 0 aliphatic carbocycles. The van der Waals surface area contributed by atoms with E-state index >= 15 is 0 Å². The number of nitrogen functional groups attached to an aromatic ring is 2. The predicted molar refractivity (Wildman–Crippen MR) is 64.9 cm³/mol. The lowest BCUT2D eigenvalue weighted by Gasteiger charge is -2.02. The van der Waals surface area contributed by atoms with Crippen molar-refractivity contribution in [2.45, 2.75) is 0 Å². The highest BCUT2D eigenvalue weighted by molar-refractivity contribution is 6.65. The maximum atomic E-state index is 5.86. The zero-order valence-corrected chi connectivity index (χ0v) is 9.92. The van der Waals surface area contributed by atoms with Gasteiger partial charge in [0, 0.05) is 0 Å². The van der Waals surface area contributed by atoms with Gasteiger partial charge in [-0.3, -0.25) is 4.57 Å². The number of halogens is 3. The Bertz CT molecular complexity index is 585. The number of nitrogens with two attached hydrogens (primary N) is 2. The van der Waals surface area contributed by atoms with Gasteiger partial charge in [0.1, 0.15) is 16.0 Å². The van der Waals surface area contributed by atoms with Gasteiger partial charge in [-0.15, -0.1) is 0 Å². The SMILES string of the molecule is Nc1nc(N)c2ncn(C(Cl)=C(Cl)Cl)c2n1. The third-order valence-electron chi connectivity index (χ3n) is 1.81. The third-order valence-corrected chi connectivity index (χ3v) is 2.73. The van der Waals surface area contributed by atoms with Crippen molar-refractivity contribution in [2.75, 3.05) is 11.5 Å². The van der Waals surface area contributed by atoms with Gasteiger partial charge in [0.25, 0.3) is 0 Å². The fourth-order valence-electron chi connectivity index (χ4n) is 1.17. The van der Waals surface area contributed by atoms with Gasteiger partial charge in [-0.2, -0.15) is 9.97 Å². The van der Waals surface area contributed by atoms with Crippen molar-refractivity contribution in [3.8, 4) is 0 Å². The number of hydrogen-bond donors (Lipinski definition) is 2. The van der Waals surface area contributed by atoms with Crippen LogP contribution in [-0.2, 0) is 0 Å². The molecule has 9 heteroatoms. The van der Waals surface area contributed by atoms with Crippen LogP contribution in [0.3, 0.4) is 0 Å². The minimum atomic E-state index is -0.114. The number of rotatable bonds is 1. The first kappa shape index (κ1) is 11.3. The molecule has 0 radical (unpaired) electrons. The fraction of sp³-hybridized carbons (Fsp3) is 0. The lowest BCUT2D eigenvalue weighted by atomic mass is 10.5. The zero-order chi connectivity index (χ0) is 11.9. The normalized spacial score (nSPS) is 10.7. The first-order chi connectivity index (χ1) is 7.50. The molecule has 0 saturated heterocycles. The summed E-state index contributed by atoms with van der Waals surface area (Å²) in [5.74, 6) is 0.179. The quantitative estimate of drug-likeness (QED) is 0.829. The highest BCUT2D eigenvalue weighted by Crippen LogP contribution is 2.27. The molecule has 0 aliphatic heterocycles. The summed E-state index contributed by atoms with van der Waals surface area (Å²) >= 11 is 17.0. The van der Waals surface area contributed by atoms with Crippen LogP contribution in [0.5, 0.6) is 0 Å². The molecule has 0 amide bonds. The lowest BCUT2D eigenvalue weighted by Crippen LogP contribution is -2.02. The Labute approximate surface area is 105 Å². The van der Waals surface area contributed by atoms with E-state index in [1.54, 1.807) is 0 Å². The first-order valence-electron chi connectivity index (χ1n) is 3.98. The molecule has 2 aromatic heterocycles. The summed E-state index contributed by atoms with van der Waals surface area (Å²) < 4.78 is 1.25. The van der Waals surface area contributed by atoms with Gasteiger partial charge in [-0.1, -0.05) is 34.8 Å². The van der Waals surface area contributed by atoms with Crippen LogP contribution in [0.2, 0.25) is 0 Å². The van der Waals surface area contributed by atoms with E-state index in [-0.39, 0.29) is 21.4 Å². The average molecular weight is 280 g/mol. The van der Waals surface area contributed by atoms with E-state index in [9.17, 15) is 0 Å². The van der Waals surface area contributed by atoms with E-state index in [2.05, 4.69) is 15.0 Å². The maximum Gasteiger partial charge on any atom is 0.224 e. The Balaban J connectivity index is 2.79. The predicted octanol–water partition coefficient (Wildman–Crippen LogP) is 1.79. The minimum absolute atomic E-state index is 0.0157. The van der Waals surface area contributed by atoms with Gasteiger partial charge in [-0.25, -0.2) is 4.98 Å². The van der Waals surface area contributed by atoms with Crippen molar-refractivity contribution in [2.24, 2.45) is 0 Å². The number of aromatic nitrogens is 4. The average Bonchev–Trinajstić information content (AvgIpc) is 2.60. The van der Waals surface area contributed by atoms with E-state index in [1.807, 2.05) is 0 Å². The molecule has 0 saturated carbocycles. The summed E-state index contributed by atoms with van der Waals surface area (Å²) in [6.45, 7) is 0. The Kier molecular flexibility index (Phi) is 2.79. The van der Waals surface area contributed by atoms with Gasteiger partial charge in [-0.05, 0) is 0 Å². The molecule has 0 spiro atoms. The molecule has 0 unspecified atom stereocenters. The number of imidazole rings is 1. The minimum Gasteiger partial charge on any atom is -0.382 e. The molecular weight excluding hydrogens is 274 g/mol. The van der Waals surface area contributed by atoms with Crippen LogP contribution in [0.25, 0.3) is 16.3 Å². The van der Waals surface area contributed by atoms with Crippen molar-refractivity contribution < 1.29 is 0 Å². The van der Waals surface area contributed by atoms with Crippen LogP contribution in [0.15, 0.2) is 10.8 Å². The van der Waals surface area contributed by atoms with E-state index in [0.29, 0.717) is 11.2 Å². The molecular formula is C7H5Cl3N6. The molecule has 6 nitrogen and oxygen atoms in total. The van der Waals surface area contributed by atoms with Gasteiger partial charge in [0.15, 0.2) is 17.0 Å². The molecule has 2 aromatic rings. The molecule has 0 fully saturated rings. The maximum absolute atomic E-state index is 5.86. The first-order valence-corrected chi connectivity index (χ1v) is 5.11. The largest absolute Gasteiger partial charge is 0.382 e. The fourth-order valence-corrected chi connectivity index (χ4v) is 1.48. The number of nitrogens with zero attached hydrogens (tertiary/aromatic N) is 4. The van der Waals surface area contributed by atoms with Gasteiger partial charge in [0.05, 0.1) is 0 Å². The summed E-state index contributed by atoms with van der Waals surface area (Å²) in [7, 11) is 0. The highest BCUT2D eigenvalue weighted by atomic mass is 35.5. The Morgan fingerprint density at radius 1 is 1.19 bits per heavy atom. The van der Waals surface area contributed by atoms with Crippen LogP contribution in [0, 0.1) is 0 Å². The monoisotopic (exact) mass is 278 g/mol. The Hall–Kier alpha value is -1.24. The summed E-state index contributed by atoms with van der Waals surface area (Å²) in [6, 6.07) is 0.